The molecule has 0 saturated carbocycles. The number of pyridine rings is 1. The van der Waals surface area contributed by atoms with Crippen molar-refractivity contribution >= 4 is 17.2 Å². The van der Waals surface area contributed by atoms with Crippen LogP contribution in [0.15, 0.2) is 28.6 Å². The number of aromatic nitrogens is 2. The van der Waals surface area contributed by atoms with Crippen LogP contribution in [-0.2, 0) is 6.42 Å². The zero-order valence-corrected chi connectivity index (χ0v) is 11.7. The van der Waals surface area contributed by atoms with E-state index in [1.165, 1.54) is 23.2 Å². The van der Waals surface area contributed by atoms with E-state index < -0.39 is 0 Å². The van der Waals surface area contributed by atoms with Crippen molar-refractivity contribution in [3.05, 3.63) is 50.3 Å². The van der Waals surface area contributed by atoms with E-state index in [0.717, 1.165) is 12.1 Å². The number of carbonyl (C=O) groups excluding carboxylic acids is 1. The Hall–Kier alpha value is -1.95. The molecule has 2 aromatic heterocycles. The van der Waals surface area contributed by atoms with Gasteiger partial charge in [-0.2, -0.15) is 0 Å². The smallest absolute Gasteiger partial charge is 0.255 e. The van der Waals surface area contributed by atoms with Gasteiger partial charge in [-0.25, -0.2) is 4.98 Å². The van der Waals surface area contributed by atoms with Crippen molar-refractivity contribution in [1.82, 2.24) is 14.9 Å². The van der Waals surface area contributed by atoms with Crippen LogP contribution in [0.3, 0.4) is 0 Å². The summed E-state index contributed by atoms with van der Waals surface area (Å²) in [5.74, 6) is -0.0987. The number of nitrogens with zero attached hydrogens (tertiary/aromatic N) is 2. The fraction of sp³-hybridized carbons (Fsp3) is 0.308. The molecular formula is C13H15N3O2S. The number of rotatable bonds is 4. The van der Waals surface area contributed by atoms with E-state index in [1.807, 2.05) is 12.4 Å². The molecule has 0 atom stereocenters. The molecule has 0 unspecified atom stereocenters. The first-order valence-electron chi connectivity index (χ1n) is 5.91. The van der Waals surface area contributed by atoms with Gasteiger partial charge < -0.3 is 9.88 Å². The maximum Gasteiger partial charge on any atom is 0.255 e. The number of likely N-dealkylation sites (N-methyl/N-ethyl adjacent to an activating group) is 1. The Morgan fingerprint density at radius 3 is 2.84 bits per heavy atom. The number of nitrogens with one attached hydrogen (secondary N) is 1. The molecule has 2 heterocycles. The van der Waals surface area contributed by atoms with Gasteiger partial charge in [-0.15, -0.1) is 11.3 Å². The predicted molar refractivity (Wildman–Crippen MR) is 74.6 cm³/mol. The first-order chi connectivity index (χ1) is 9.08. The van der Waals surface area contributed by atoms with Crippen molar-refractivity contribution in [1.29, 1.82) is 0 Å². The van der Waals surface area contributed by atoms with Gasteiger partial charge in [0.05, 0.1) is 16.8 Å². The van der Waals surface area contributed by atoms with E-state index in [2.05, 4.69) is 9.97 Å². The lowest BCUT2D eigenvalue weighted by Gasteiger charge is -2.16. The van der Waals surface area contributed by atoms with E-state index in [1.54, 1.807) is 23.3 Å². The van der Waals surface area contributed by atoms with Crippen molar-refractivity contribution < 1.29 is 4.79 Å². The monoisotopic (exact) mass is 277 g/mol. The summed E-state index contributed by atoms with van der Waals surface area (Å²) in [6, 6.07) is 2.89. The maximum absolute atomic E-state index is 12.1. The number of aryl methyl sites for hydroxylation is 1. The molecule has 0 spiro atoms. The third-order valence-electron chi connectivity index (χ3n) is 2.90. The fourth-order valence-corrected chi connectivity index (χ4v) is 2.47. The summed E-state index contributed by atoms with van der Waals surface area (Å²) in [6.45, 7) is 2.59. The molecule has 0 aromatic carbocycles. The van der Waals surface area contributed by atoms with Crippen molar-refractivity contribution in [2.75, 3.05) is 13.6 Å². The summed E-state index contributed by atoms with van der Waals surface area (Å²) in [7, 11) is 1.75. The quantitative estimate of drug-likeness (QED) is 0.920. The molecule has 6 heteroatoms. The Balaban J connectivity index is 1.98. The molecule has 0 bridgehead atoms. The molecule has 0 aliphatic heterocycles. The summed E-state index contributed by atoms with van der Waals surface area (Å²) in [5.41, 5.74) is 3.12. The highest BCUT2D eigenvalue weighted by Gasteiger charge is 2.12. The van der Waals surface area contributed by atoms with Crippen LogP contribution in [0.1, 0.15) is 20.9 Å². The van der Waals surface area contributed by atoms with Gasteiger partial charge >= 0.3 is 0 Å². The predicted octanol–water partition coefficient (Wildman–Crippen LogP) is 1.45. The lowest BCUT2D eigenvalue weighted by Crippen LogP contribution is -2.29. The van der Waals surface area contributed by atoms with Crippen LogP contribution in [0.2, 0.25) is 0 Å². The molecule has 0 aliphatic rings. The molecule has 5 nitrogen and oxygen atoms in total. The standard InChI is InChI=1S/C13H15N3O2S/c1-9-11(19-8-15-9)5-6-16(2)13(18)10-3-4-12(17)14-7-10/h3-4,7-8H,5-6H2,1-2H3,(H,14,17). The highest BCUT2D eigenvalue weighted by molar-refractivity contribution is 7.09. The van der Waals surface area contributed by atoms with Gasteiger partial charge in [0.25, 0.3) is 5.91 Å². The van der Waals surface area contributed by atoms with Crippen LogP contribution in [0.4, 0.5) is 0 Å². The Labute approximate surface area is 114 Å². The number of amides is 1. The van der Waals surface area contributed by atoms with Crippen LogP contribution >= 0.6 is 11.3 Å². The summed E-state index contributed by atoms with van der Waals surface area (Å²) < 4.78 is 0. The number of carbonyl (C=O) groups is 1. The van der Waals surface area contributed by atoms with Crippen molar-refractivity contribution in [2.24, 2.45) is 0 Å². The first-order valence-corrected chi connectivity index (χ1v) is 6.79. The van der Waals surface area contributed by atoms with Crippen molar-refractivity contribution in [3.63, 3.8) is 0 Å². The summed E-state index contributed by atoms with van der Waals surface area (Å²) in [4.78, 5) is 32.6. The number of H-pyrrole nitrogens is 1. The molecule has 2 rings (SSSR count). The van der Waals surface area contributed by atoms with Gasteiger partial charge in [-0.1, -0.05) is 0 Å². The van der Waals surface area contributed by atoms with Crippen LogP contribution in [0, 0.1) is 6.92 Å². The second-order valence-electron chi connectivity index (χ2n) is 4.28. The number of hydrogen-bond acceptors (Lipinski definition) is 4. The third kappa shape index (κ3) is 3.29. The van der Waals surface area contributed by atoms with Crippen LogP contribution < -0.4 is 5.56 Å². The third-order valence-corrected chi connectivity index (χ3v) is 3.89. The average molecular weight is 277 g/mol. The number of thiazole rings is 1. The van der Waals surface area contributed by atoms with Crippen LogP contribution in [0.5, 0.6) is 0 Å². The van der Waals surface area contributed by atoms with E-state index in [0.29, 0.717) is 12.1 Å². The molecule has 2 aromatic rings. The largest absolute Gasteiger partial charge is 0.341 e. The minimum atomic E-state index is -0.209. The molecule has 19 heavy (non-hydrogen) atoms. The topological polar surface area (TPSA) is 66.1 Å². The zero-order chi connectivity index (χ0) is 13.8. The van der Waals surface area contributed by atoms with E-state index in [-0.39, 0.29) is 11.5 Å². The Kier molecular flexibility index (Phi) is 4.11. The van der Waals surface area contributed by atoms with E-state index in [4.69, 9.17) is 0 Å². The summed E-state index contributed by atoms with van der Waals surface area (Å²) in [6.07, 6.45) is 2.24. The molecule has 0 saturated heterocycles. The Morgan fingerprint density at radius 1 is 1.47 bits per heavy atom. The molecule has 1 amide bonds. The highest BCUT2D eigenvalue weighted by Crippen LogP contribution is 2.13. The number of hydrogen-bond donors (Lipinski definition) is 1. The first kappa shape index (κ1) is 13.5. The fourth-order valence-electron chi connectivity index (χ4n) is 1.70. The Bertz CT molecular complexity index is 612. The van der Waals surface area contributed by atoms with Crippen molar-refractivity contribution in [2.45, 2.75) is 13.3 Å². The summed E-state index contributed by atoms with van der Waals surface area (Å²) >= 11 is 1.60. The molecule has 0 fully saturated rings. The lowest BCUT2D eigenvalue weighted by molar-refractivity contribution is 0.0796. The van der Waals surface area contributed by atoms with Gasteiger partial charge in [0, 0.05) is 37.2 Å². The molecule has 0 aliphatic carbocycles. The van der Waals surface area contributed by atoms with E-state index >= 15 is 0 Å². The van der Waals surface area contributed by atoms with Gasteiger partial charge in [0.1, 0.15) is 0 Å². The van der Waals surface area contributed by atoms with Crippen LogP contribution in [0.25, 0.3) is 0 Å². The minimum absolute atomic E-state index is 0.0987. The maximum atomic E-state index is 12.1. The van der Waals surface area contributed by atoms with Gasteiger partial charge in [0.2, 0.25) is 5.56 Å². The van der Waals surface area contributed by atoms with Crippen LogP contribution in [-0.4, -0.2) is 34.4 Å². The highest BCUT2D eigenvalue weighted by atomic mass is 32.1. The lowest BCUT2D eigenvalue weighted by atomic mass is 10.2. The van der Waals surface area contributed by atoms with Gasteiger partial charge in [-0.3, -0.25) is 9.59 Å². The second kappa shape index (κ2) is 5.79. The van der Waals surface area contributed by atoms with Crippen molar-refractivity contribution in [3.8, 4) is 0 Å². The Morgan fingerprint density at radius 2 is 2.26 bits per heavy atom. The van der Waals surface area contributed by atoms with Gasteiger partial charge in [0.15, 0.2) is 0 Å². The number of aromatic amines is 1. The second-order valence-corrected chi connectivity index (χ2v) is 5.22. The van der Waals surface area contributed by atoms with Gasteiger partial charge in [-0.05, 0) is 13.0 Å². The molecule has 100 valence electrons. The molecule has 1 N–H and O–H groups in total. The molecule has 0 radical (unpaired) electrons. The zero-order valence-electron chi connectivity index (χ0n) is 10.8. The normalized spacial score (nSPS) is 10.4. The SMILES string of the molecule is Cc1ncsc1CCN(C)C(=O)c1ccc(=O)[nH]c1. The average Bonchev–Trinajstić information content (AvgIpc) is 2.81. The minimum Gasteiger partial charge on any atom is -0.341 e. The van der Waals surface area contributed by atoms with E-state index in [9.17, 15) is 9.59 Å². The summed E-state index contributed by atoms with van der Waals surface area (Å²) in [5, 5.41) is 0. The molecular weight excluding hydrogens is 262 g/mol.